The van der Waals surface area contributed by atoms with Crippen molar-refractivity contribution in [1.29, 1.82) is 0 Å². The van der Waals surface area contributed by atoms with Crippen molar-refractivity contribution < 1.29 is 29.0 Å². The maximum absolute atomic E-state index is 13.1. The highest BCUT2D eigenvalue weighted by atomic mass is 16.5. The van der Waals surface area contributed by atoms with Crippen molar-refractivity contribution in [3.05, 3.63) is 65.2 Å². The van der Waals surface area contributed by atoms with Crippen LogP contribution in [-0.2, 0) is 14.4 Å². The number of likely N-dealkylation sites (N-methyl/N-ethyl adjacent to an activating group) is 1. The molecule has 1 amide bonds. The highest BCUT2D eigenvalue weighted by Crippen LogP contribution is 2.39. The van der Waals surface area contributed by atoms with Crippen molar-refractivity contribution in [2.75, 3.05) is 33.8 Å². The van der Waals surface area contributed by atoms with E-state index in [4.69, 9.17) is 9.47 Å². The van der Waals surface area contributed by atoms with Gasteiger partial charge in [0.05, 0.1) is 18.2 Å². The lowest BCUT2D eigenvalue weighted by Crippen LogP contribution is -2.35. The zero-order valence-electron chi connectivity index (χ0n) is 20.8. The van der Waals surface area contributed by atoms with E-state index < -0.39 is 23.7 Å². The van der Waals surface area contributed by atoms with Crippen molar-refractivity contribution in [1.82, 2.24) is 9.80 Å². The highest BCUT2D eigenvalue weighted by Gasteiger charge is 2.45. The van der Waals surface area contributed by atoms with Gasteiger partial charge in [-0.3, -0.25) is 14.4 Å². The summed E-state index contributed by atoms with van der Waals surface area (Å²) in [6, 6.07) is 12.6. The number of hydrogen-bond donors (Lipinski definition) is 1. The van der Waals surface area contributed by atoms with Gasteiger partial charge in [-0.2, -0.15) is 0 Å². The molecule has 8 heteroatoms. The molecule has 2 aromatic carbocycles. The van der Waals surface area contributed by atoms with Crippen molar-refractivity contribution in [2.24, 2.45) is 5.92 Å². The van der Waals surface area contributed by atoms with Crippen LogP contribution in [0.15, 0.2) is 54.1 Å². The third kappa shape index (κ3) is 6.27. The number of benzene rings is 2. The summed E-state index contributed by atoms with van der Waals surface area (Å²) in [7, 11) is 3.75. The Labute approximate surface area is 205 Å². The fraction of sp³-hybridized carbons (Fsp3) is 0.370. The molecule has 0 aliphatic carbocycles. The smallest absolute Gasteiger partial charge is 0.308 e. The first-order valence-corrected chi connectivity index (χ1v) is 11.5. The maximum atomic E-state index is 13.1. The zero-order valence-corrected chi connectivity index (χ0v) is 20.8. The number of aliphatic hydroxyl groups is 1. The molecule has 1 heterocycles. The van der Waals surface area contributed by atoms with Crippen LogP contribution in [0.1, 0.15) is 37.9 Å². The number of ether oxygens (including phenoxy) is 2. The quantitative estimate of drug-likeness (QED) is 0.192. The van der Waals surface area contributed by atoms with Gasteiger partial charge in [-0.25, -0.2) is 0 Å². The van der Waals surface area contributed by atoms with E-state index in [-0.39, 0.29) is 11.3 Å². The molecule has 1 unspecified atom stereocenters. The van der Waals surface area contributed by atoms with Crippen LogP contribution in [0.4, 0.5) is 0 Å². The average molecular weight is 481 g/mol. The largest absolute Gasteiger partial charge is 0.507 e. The van der Waals surface area contributed by atoms with E-state index in [0.717, 1.165) is 0 Å². The van der Waals surface area contributed by atoms with E-state index in [0.29, 0.717) is 48.2 Å². The molecule has 1 atom stereocenters. The predicted molar refractivity (Wildman–Crippen MR) is 132 cm³/mol. The summed E-state index contributed by atoms with van der Waals surface area (Å²) >= 11 is 0. The molecule has 0 bridgehead atoms. The van der Waals surface area contributed by atoms with Gasteiger partial charge in [0.2, 0.25) is 0 Å². The Kier molecular flexibility index (Phi) is 8.30. The molecule has 1 fully saturated rings. The summed E-state index contributed by atoms with van der Waals surface area (Å²) in [6.07, 6.45) is 0. The van der Waals surface area contributed by atoms with Crippen molar-refractivity contribution in [2.45, 2.75) is 26.8 Å². The molecular weight excluding hydrogens is 448 g/mol. The second-order valence-corrected chi connectivity index (χ2v) is 9.19. The SMILES string of the molecule is CC(=O)Oc1ccc(C2/C(=C(/O)c3ccc(OCC(C)C)cc3)C(=O)C(=O)N2CCN(C)C)cc1. The number of rotatable bonds is 9. The molecule has 2 aromatic rings. The van der Waals surface area contributed by atoms with Gasteiger partial charge in [-0.15, -0.1) is 0 Å². The maximum Gasteiger partial charge on any atom is 0.308 e. The second kappa shape index (κ2) is 11.2. The predicted octanol–water partition coefficient (Wildman–Crippen LogP) is 3.63. The van der Waals surface area contributed by atoms with Gasteiger partial charge in [0, 0.05) is 25.6 Å². The number of hydrogen-bond acceptors (Lipinski definition) is 7. The van der Waals surface area contributed by atoms with E-state index in [1.807, 2.05) is 32.8 Å². The number of ketones is 1. The molecule has 0 spiro atoms. The fourth-order valence-electron chi connectivity index (χ4n) is 3.78. The number of amides is 1. The molecule has 1 N–H and O–H groups in total. The Morgan fingerprint density at radius 1 is 1.03 bits per heavy atom. The molecule has 1 aliphatic heterocycles. The van der Waals surface area contributed by atoms with Gasteiger partial charge in [-0.05, 0) is 62.0 Å². The number of esters is 1. The van der Waals surface area contributed by atoms with Crippen molar-refractivity contribution in [3.8, 4) is 11.5 Å². The standard InChI is InChI=1S/C27H32N2O6/c1-17(2)16-34-21-10-8-20(9-11-21)25(31)23-24(19-6-12-22(13-7-19)35-18(3)30)29(15-14-28(4)5)27(33)26(23)32/h6-13,17,24,31H,14-16H2,1-5H3/b25-23-. The topological polar surface area (TPSA) is 96.4 Å². The zero-order chi connectivity index (χ0) is 25.7. The summed E-state index contributed by atoms with van der Waals surface area (Å²) in [4.78, 5) is 40.7. The average Bonchev–Trinajstić information content (AvgIpc) is 3.06. The normalized spacial score (nSPS) is 17.3. The van der Waals surface area contributed by atoms with Crippen LogP contribution < -0.4 is 9.47 Å². The second-order valence-electron chi connectivity index (χ2n) is 9.19. The molecule has 35 heavy (non-hydrogen) atoms. The monoisotopic (exact) mass is 480 g/mol. The van der Waals surface area contributed by atoms with Crippen LogP contribution in [0.3, 0.4) is 0 Å². The fourth-order valence-corrected chi connectivity index (χ4v) is 3.78. The Balaban J connectivity index is 2.02. The van der Waals surface area contributed by atoms with E-state index in [1.54, 1.807) is 48.5 Å². The number of likely N-dealkylation sites (tertiary alicyclic amines) is 1. The minimum absolute atomic E-state index is 0.0184. The lowest BCUT2D eigenvalue weighted by Gasteiger charge is -2.26. The first-order valence-electron chi connectivity index (χ1n) is 11.5. The highest BCUT2D eigenvalue weighted by molar-refractivity contribution is 6.46. The minimum atomic E-state index is -0.779. The Morgan fingerprint density at radius 2 is 1.63 bits per heavy atom. The van der Waals surface area contributed by atoms with Gasteiger partial charge >= 0.3 is 5.97 Å². The Bertz CT molecular complexity index is 1100. The molecular formula is C27H32N2O6. The minimum Gasteiger partial charge on any atom is -0.507 e. The van der Waals surface area contributed by atoms with Crippen LogP contribution >= 0.6 is 0 Å². The Morgan fingerprint density at radius 3 is 2.17 bits per heavy atom. The van der Waals surface area contributed by atoms with E-state index >= 15 is 0 Å². The summed E-state index contributed by atoms with van der Waals surface area (Å²) in [5.74, 6) is -0.734. The molecule has 3 rings (SSSR count). The van der Waals surface area contributed by atoms with Gasteiger partial charge in [0.1, 0.15) is 17.3 Å². The van der Waals surface area contributed by atoms with Crippen molar-refractivity contribution >= 4 is 23.4 Å². The Hall–Kier alpha value is -3.65. The lowest BCUT2D eigenvalue weighted by atomic mass is 9.95. The van der Waals surface area contributed by atoms with E-state index in [2.05, 4.69) is 0 Å². The van der Waals surface area contributed by atoms with Crippen LogP contribution in [0.5, 0.6) is 11.5 Å². The van der Waals surface area contributed by atoms with Gasteiger partial charge in [-0.1, -0.05) is 26.0 Å². The molecule has 0 saturated carbocycles. The number of aliphatic hydroxyl groups excluding tert-OH is 1. The van der Waals surface area contributed by atoms with Crippen molar-refractivity contribution in [3.63, 3.8) is 0 Å². The number of nitrogens with zero attached hydrogens (tertiary/aromatic N) is 2. The van der Waals surface area contributed by atoms with Crippen LogP contribution in [0, 0.1) is 5.92 Å². The third-order valence-electron chi connectivity index (χ3n) is 5.50. The first-order chi connectivity index (χ1) is 16.6. The lowest BCUT2D eigenvalue weighted by molar-refractivity contribution is -0.140. The van der Waals surface area contributed by atoms with E-state index in [1.165, 1.54) is 11.8 Å². The number of carbonyl (C=O) groups excluding carboxylic acids is 3. The molecule has 186 valence electrons. The van der Waals surface area contributed by atoms with Crippen LogP contribution in [-0.4, -0.2) is 66.4 Å². The summed E-state index contributed by atoms with van der Waals surface area (Å²) in [5, 5.41) is 11.2. The molecule has 0 radical (unpaired) electrons. The first kappa shape index (κ1) is 26.0. The third-order valence-corrected chi connectivity index (χ3v) is 5.50. The number of carbonyl (C=O) groups is 3. The van der Waals surface area contributed by atoms with Gasteiger partial charge < -0.3 is 24.4 Å². The summed E-state index contributed by atoms with van der Waals surface area (Å²) in [5.41, 5.74) is 1.05. The number of Topliss-reactive ketones (excluding diaryl/α,β-unsaturated/α-hetero) is 1. The van der Waals surface area contributed by atoms with Gasteiger partial charge in [0.15, 0.2) is 0 Å². The molecule has 0 aromatic heterocycles. The molecule has 8 nitrogen and oxygen atoms in total. The molecule has 1 saturated heterocycles. The summed E-state index contributed by atoms with van der Waals surface area (Å²) < 4.78 is 10.8. The van der Waals surface area contributed by atoms with E-state index in [9.17, 15) is 19.5 Å². The summed E-state index contributed by atoms with van der Waals surface area (Å²) in [6.45, 7) is 6.81. The molecule has 1 aliphatic rings. The van der Waals surface area contributed by atoms with Crippen LogP contribution in [0.2, 0.25) is 0 Å². The van der Waals surface area contributed by atoms with Gasteiger partial charge in [0.25, 0.3) is 11.7 Å². The van der Waals surface area contributed by atoms with Crippen LogP contribution in [0.25, 0.3) is 5.76 Å².